The predicted octanol–water partition coefficient (Wildman–Crippen LogP) is 0.319. The smallest absolute Gasteiger partial charge is 0.293 e. The van der Waals surface area contributed by atoms with Crippen LogP contribution in [-0.2, 0) is 26.7 Å². The van der Waals surface area contributed by atoms with E-state index in [1.807, 2.05) is 0 Å². The summed E-state index contributed by atoms with van der Waals surface area (Å²) < 4.78 is 61.9. The van der Waals surface area contributed by atoms with Crippen molar-refractivity contribution in [2.45, 2.75) is 23.0 Å². The van der Waals surface area contributed by atoms with Crippen molar-refractivity contribution in [2.24, 2.45) is 0 Å². The number of carbonyl (C=O) groups is 1. The lowest BCUT2D eigenvalue weighted by molar-refractivity contribution is 0.0973. The van der Waals surface area contributed by atoms with E-state index in [1.165, 1.54) is 6.07 Å². The number of hydrogen-bond acceptors (Lipinski definition) is 5. The normalized spacial score (nSPS) is 20.1. The molecule has 2 N–H and O–H groups in total. The molecule has 1 aliphatic rings. The fourth-order valence-electron chi connectivity index (χ4n) is 2.04. The van der Waals surface area contributed by atoms with E-state index < -0.39 is 36.2 Å². The highest BCUT2D eigenvalue weighted by atomic mass is 32.2. The molecule has 0 amide bonds. The van der Waals surface area contributed by atoms with Crippen LogP contribution in [0.25, 0.3) is 0 Å². The van der Waals surface area contributed by atoms with Gasteiger partial charge in [-0.2, -0.15) is 16.8 Å². The zero-order valence-electron chi connectivity index (χ0n) is 9.48. The van der Waals surface area contributed by atoms with Gasteiger partial charge >= 0.3 is 0 Å². The Labute approximate surface area is 109 Å². The molecule has 0 saturated carbocycles. The molecule has 0 bridgehead atoms. The van der Waals surface area contributed by atoms with E-state index in [2.05, 4.69) is 0 Å². The van der Waals surface area contributed by atoms with E-state index in [0.29, 0.717) is 5.56 Å². The maximum absolute atomic E-state index is 11.9. The molecule has 7 nitrogen and oxygen atoms in total. The monoisotopic (exact) mass is 306 g/mol. The standard InChI is InChI=1S/C10H10O7S2/c11-10-8-5-7(18(12,13)14)3-1-6(8)2-4-9(10)19(15,16)17/h1,3,5,9H,2,4H2,(H,12,13,14)(H,15,16,17). The van der Waals surface area contributed by atoms with Gasteiger partial charge in [-0.15, -0.1) is 0 Å². The highest BCUT2D eigenvalue weighted by Crippen LogP contribution is 2.27. The van der Waals surface area contributed by atoms with Crippen molar-refractivity contribution in [3.8, 4) is 0 Å². The molecular weight excluding hydrogens is 296 g/mol. The van der Waals surface area contributed by atoms with Gasteiger partial charge in [-0.25, -0.2) is 0 Å². The third-order valence-electron chi connectivity index (χ3n) is 2.97. The van der Waals surface area contributed by atoms with E-state index in [0.717, 1.165) is 12.1 Å². The van der Waals surface area contributed by atoms with E-state index in [9.17, 15) is 21.6 Å². The second-order valence-electron chi connectivity index (χ2n) is 4.20. The molecule has 9 heteroatoms. The second kappa shape index (κ2) is 4.37. The molecule has 0 radical (unpaired) electrons. The van der Waals surface area contributed by atoms with Gasteiger partial charge in [0.1, 0.15) is 5.25 Å². The Morgan fingerprint density at radius 3 is 2.26 bits per heavy atom. The molecule has 1 aromatic carbocycles. The van der Waals surface area contributed by atoms with Gasteiger partial charge in [0.2, 0.25) is 0 Å². The minimum Gasteiger partial charge on any atom is -0.293 e. The fraction of sp³-hybridized carbons (Fsp3) is 0.300. The summed E-state index contributed by atoms with van der Waals surface area (Å²) in [5.74, 6) is -0.866. The van der Waals surface area contributed by atoms with Crippen LogP contribution in [0.15, 0.2) is 23.1 Å². The summed E-state index contributed by atoms with van der Waals surface area (Å²) in [6.45, 7) is 0. The van der Waals surface area contributed by atoms with Crippen LogP contribution in [0, 0.1) is 0 Å². The SMILES string of the molecule is O=C1c2cc(S(=O)(=O)O)ccc2CCC1S(=O)(=O)O. The topological polar surface area (TPSA) is 126 Å². The second-order valence-corrected chi connectivity index (χ2v) is 7.22. The van der Waals surface area contributed by atoms with Crippen molar-refractivity contribution in [1.82, 2.24) is 0 Å². The molecule has 19 heavy (non-hydrogen) atoms. The Hall–Kier alpha value is -1.29. The number of Topliss-reactive ketones (excluding diaryl/α,β-unsaturated/α-hetero) is 1. The highest BCUT2D eigenvalue weighted by Gasteiger charge is 2.36. The quantitative estimate of drug-likeness (QED) is 0.753. The Kier molecular flexibility index (Phi) is 3.25. The number of aryl methyl sites for hydroxylation is 1. The van der Waals surface area contributed by atoms with Crippen LogP contribution in [-0.4, -0.2) is 37.0 Å². The predicted molar refractivity (Wildman–Crippen MR) is 64.2 cm³/mol. The van der Waals surface area contributed by atoms with Crippen LogP contribution >= 0.6 is 0 Å². The molecule has 1 aliphatic carbocycles. The molecule has 0 aliphatic heterocycles. The van der Waals surface area contributed by atoms with Gasteiger partial charge in [-0.05, 0) is 30.5 Å². The van der Waals surface area contributed by atoms with Gasteiger partial charge in [-0.1, -0.05) is 6.07 Å². The van der Waals surface area contributed by atoms with Crippen LogP contribution < -0.4 is 0 Å². The van der Waals surface area contributed by atoms with Crippen LogP contribution in [0.1, 0.15) is 22.3 Å². The number of carbonyl (C=O) groups excluding carboxylic acids is 1. The molecule has 0 fully saturated rings. The summed E-state index contributed by atoms with van der Waals surface area (Å²) in [6, 6.07) is 3.40. The molecule has 1 unspecified atom stereocenters. The molecule has 0 heterocycles. The van der Waals surface area contributed by atoms with Gasteiger partial charge in [0.15, 0.2) is 5.78 Å². The lowest BCUT2D eigenvalue weighted by Gasteiger charge is -2.21. The molecule has 0 aromatic heterocycles. The third kappa shape index (κ3) is 2.68. The largest absolute Gasteiger partial charge is 0.294 e. The van der Waals surface area contributed by atoms with Gasteiger partial charge in [0.25, 0.3) is 20.2 Å². The van der Waals surface area contributed by atoms with Crippen molar-refractivity contribution in [2.75, 3.05) is 0 Å². The average molecular weight is 306 g/mol. The van der Waals surface area contributed by atoms with Crippen molar-refractivity contribution in [1.29, 1.82) is 0 Å². The molecule has 0 spiro atoms. The van der Waals surface area contributed by atoms with E-state index in [1.54, 1.807) is 0 Å². The lowest BCUT2D eigenvalue weighted by Crippen LogP contribution is -2.34. The first-order chi connectivity index (χ1) is 8.60. The number of fused-ring (bicyclic) bond motifs is 1. The summed E-state index contributed by atoms with van der Waals surface area (Å²) in [4.78, 5) is 11.4. The highest BCUT2D eigenvalue weighted by molar-refractivity contribution is 7.87. The van der Waals surface area contributed by atoms with Crippen molar-refractivity contribution in [3.63, 3.8) is 0 Å². The number of benzene rings is 1. The van der Waals surface area contributed by atoms with Crippen molar-refractivity contribution in [3.05, 3.63) is 29.3 Å². The Morgan fingerprint density at radius 1 is 1.11 bits per heavy atom. The third-order valence-corrected chi connectivity index (χ3v) is 4.99. The van der Waals surface area contributed by atoms with E-state index in [-0.39, 0.29) is 18.4 Å². The number of ketones is 1. The maximum Gasteiger partial charge on any atom is 0.294 e. The first kappa shape index (κ1) is 14.1. The summed E-state index contributed by atoms with van der Waals surface area (Å²) >= 11 is 0. The molecule has 1 atom stereocenters. The minimum absolute atomic E-state index is 0.0596. The molecular formula is C10H10O7S2. The Bertz CT molecular complexity index is 746. The van der Waals surface area contributed by atoms with Crippen LogP contribution in [0.5, 0.6) is 0 Å². The Balaban J connectivity index is 2.57. The van der Waals surface area contributed by atoms with Crippen molar-refractivity contribution >= 4 is 26.0 Å². The molecule has 2 rings (SSSR count). The minimum atomic E-state index is -4.53. The fourth-order valence-corrected chi connectivity index (χ4v) is 3.36. The number of hydrogen-bond donors (Lipinski definition) is 2. The first-order valence-corrected chi connectivity index (χ1v) is 8.16. The zero-order valence-corrected chi connectivity index (χ0v) is 11.1. The molecule has 0 saturated heterocycles. The van der Waals surface area contributed by atoms with Gasteiger partial charge in [-0.3, -0.25) is 13.9 Å². The van der Waals surface area contributed by atoms with Gasteiger partial charge < -0.3 is 0 Å². The van der Waals surface area contributed by atoms with Gasteiger partial charge in [0, 0.05) is 5.56 Å². The lowest BCUT2D eigenvalue weighted by atomic mass is 9.90. The molecule has 104 valence electrons. The van der Waals surface area contributed by atoms with Crippen LogP contribution in [0.2, 0.25) is 0 Å². The van der Waals surface area contributed by atoms with E-state index >= 15 is 0 Å². The summed E-state index contributed by atoms with van der Waals surface area (Å²) in [6.07, 6.45) is 0.160. The summed E-state index contributed by atoms with van der Waals surface area (Å²) in [7, 11) is -9.00. The summed E-state index contributed by atoms with van der Waals surface area (Å²) in [5.41, 5.74) is 0.376. The van der Waals surface area contributed by atoms with Crippen LogP contribution in [0.4, 0.5) is 0 Å². The average Bonchev–Trinajstić information content (AvgIpc) is 2.26. The zero-order chi connectivity index (χ0) is 14.4. The molecule has 1 aromatic rings. The Morgan fingerprint density at radius 2 is 1.74 bits per heavy atom. The van der Waals surface area contributed by atoms with Crippen LogP contribution in [0.3, 0.4) is 0 Å². The van der Waals surface area contributed by atoms with E-state index in [4.69, 9.17) is 9.11 Å². The number of rotatable bonds is 2. The van der Waals surface area contributed by atoms with Gasteiger partial charge in [0.05, 0.1) is 4.90 Å². The summed E-state index contributed by atoms with van der Waals surface area (Å²) in [5, 5.41) is -1.59. The maximum atomic E-state index is 11.9. The first-order valence-electron chi connectivity index (χ1n) is 5.21. The van der Waals surface area contributed by atoms with Crippen molar-refractivity contribution < 1.29 is 30.7 Å².